The summed E-state index contributed by atoms with van der Waals surface area (Å²) in [5, 5.41) is 0. The minimum atomic E-state index is 0.171. The third kappa shape index (κ3) is 2.64. The van der Waals surface area contributed by atoms with Gasteiger partial charge in [-0.25, -0.2) is 0 Å². The zero-order valence-electron chi connectivity index (χ0n) is 10.5. The first-order chi connectivity index (χ1) is 9.34. The van der Waals surface area contributed by atoms with Crippen LogP contribution < -0.4 is 0 Å². The van der Waals surface area contributed by atoms with Crippen molar-refractivity contribution in [3.63, 3.8) is 0 Å². The summed E-state index contributed by atoms with van der Waals surface area (Å²) >= 11 is 1.77. The lowest BCUT2D eigenvalue weighted by Crippen LogP contribution is -2.02. The Balaban J connectivity index is 2.01. The second kappa shape index (κ2) is 5.45. The molecule has 0 N–H and O–H groups in total. The minimum Gasteiger partial charge on any atom is -0.289 e. The molecule has 2 heteroatoms. The molecule has 1 aliphatic rings. The highest BCUT2D eigenvalue weighted by Crippen LogP contribution is 2.31. The molecule has 0 radical (unpaired) electrons. The Morgan fingerprint density at radius 1 is 0.947 bits per heavy atom. The van der Waals surface area contributed by atoms with E-state index in [2.05, 4.69) is 0 Å². The van der Waals surface area contributed by atoms with E-state index >= 15 is 0 Å². The van der Waals surface area contributed by atoms with E-state index in [0.717, 1.165) is 33.8 Å². The van der Waals surface area contributed by atoms with Gasteiger partial charge in [0, 0.05) is 21.8 Å². The molecular formula is C17H14OS. The summed E-state index contributed by atoms with van der Waals surface area (Å²) in [6.45, 7) is 0. The molecule has 2 aromatic carbocycles. The van der Waals surface area contributed by atoms with E-state index in [0.29, 0.717) is 0 Å². The lowest BCUT2D eigenvalue weighted by atomic mass is 9.99. The quantitative estimate of drug-likeness (QED) is 0.709. The predicted molar refractivity (Wildman–Crippen MR) is 80.5 cm³/mol. The van der Waals surface area contributed by atoms with Crippen LogP contribution in [0.4, 0.5) is 0 Å². The van der Waals surface area contributed by atoms with Crippen molar-refractivity contribution in [3.8, 4) is 0 Å². The molecule has 0 saturated carbocycles. The van der Waals surface area contributed by atoms with E-state index in [9.17, 15) is 4.79 Å². The molecule has 0 amide bonds. The molecule has 0 unspecified atom stereocenters. The molecule has 0 saturated heterocycles. The lowest BCUT2D eigenvalue weighted by Gasteiger charge is -2.04. The molecule has 3 rings (SSSR count). The van der Waals surface area contributed by atoms with Gasteiger partial charge in [0.25, 0.3) is 0 Å². The van der Waals surface area contributed by atoms with Gasteiger partial charge in [0.2, 0.25) is 0 Å². The van der Waals surface area contributed by atoms with E-state index in [1.165, 1.54) is 0 Å². The molecule has 0 bridgehead atoms. The number of ketones is 1. The zero-order chi connectivity index (χ0) is 13.1. The number of allylic oxidation sites excluding steroid dienone is 1. The van der Waals surface area contributed by atoms with Crippen LogP contribution in [0.25, 0.3) is 6.08 Å². The average molecular weight is 266 g/mol. The van der Waals surface area contributed by atoms with Crippen molar-refractivity contribution in [1.29, 1.82) is 0 Å². The number of hydrogen-bond acceptors (Lipinski definition) is 2. The summed E-state index contributed by atoms with van der Waals surface area (Å²) in [5.41, 5.74) is 2.84. The SMILES string of the molecule is O=C1/C(=C/c2ccccc2)CCSc2ccccc21. The topological polar surface area (TPSA) is 17.1 Å². The number of thioether (sulfide) groups is 1. The molecule has 0 atom stereocenters. The number of benzene rings is 2. The highest BCUT2D eigenvalue weighted by molar-refractivity contribution is 7.99. The predicted octanol–water partition coefficient (Wildman–Crippen LogP) is 4.45. The molecule has 1 nitrogen and oxygen atoms in total. The Morgan fingerprint density at radius 2 is 1.68 bits per heavy atom. The summed E-state index contributed by atoms with van der Waals surface area (Å²) in [4.78, 5) is 13.7. The number of carbonyl (C=O) groups excluding carboxylic acids is 1. The van der Waals surface area contributed by atoms with Gasteiger partial charge in [0.1, 0.15) is 0 Å². The van der Waals surface area contributed by atoms with E-state index in [1.807, 2.05) is 60.7 Å². The molecule has 19 heavy (non-hydrogen) atoms. The van der Waals surface area contributed by atoms with Gasteiger partial charge in [0.05, 0.1) is 0 Å². The van der Waals surface area contributed by atoms with E-state index in [4.69, 9.17) is 0 Å². The van der Waals surface area contributed by atoms with Gasteiger partial charge >= 0.3 is 0 Å². The van der Waals surface area contributed by atoms with Crippen LogP contribution in [0, 0.1) is 0 Å². The van der Waals surface area contributed by atoms with Gasteiger partial charge < -0.3 is 0 Å². The van der Waals surface area contributed by atoms with Gasteiger partial charge in [-0.3, -0.25) is 4.79 Å². The van der Waals surface area contributed by atoms with Crippen LogP contribution in [0.15, 0.2) is 65.1 Å². The fourth-order valence-electron chi connectivity index (χ4n) is 2.23. The van der Waals surface area contributed by atoms with Crippen LogP contribution >= 0.6 is 11.8 Å². The number of Topliss-reactive ketones (excluding diaryl/α,β-unsaturated/α-hetero) is 1. The fraction of sp³-hybridized carbons (Fsp3) is 0.118. The standard InChI is InChI=1S/C17H14OS/c18-17-14(12-13-6-2-1-3-7-13)10-11-19-16-9-5-4-8-15(16)17/h1-9,12H,10-11H2/b14-12+. The maximum atomic E-state index is 12.6. The zero-order valence-corrected chi connectivity index (χ0v) is 11.3. The second-order valence-electron chi connectivity index (χ2n) is 4.50. The van der Waals surface area contributed by atoms with Crippen LogP contribution in [0.2, 0.25) is 0 Å². The van der Waals surface area contributed by atoms with Crippen molar-refractivity contribution in [1.82, 2.24) is 0 Å². The smallest absolute Gasteiger partial charge is 0.190 e. The van der Waals surface area contributed by atoms with Crippen LogP contribution in [-0.2, 0) is 0 Å². The molecule has 94 valence electrons. The number of carbonyl (C=O) groups is 1. The Labute approximate surface area is 117 Å². The van der Waals surface area contributed by atoms with Gasteiger partial charge in [-0.05, 0) is 30.2 Å². The Morgan fingerprint density at radius 3 is 2.53 bits per heavy atom. The third-order valence-electron chi connectivity index (χ3n) is 3.19. The summed E-state index contributed by atoms with van der Waals surface area (Å²) in [5.74, 6) is 1.13. The summed E-state index contributed by atoms with van der Waals surface area (Å²) < 4.78 is 0. The van der Waals surface area contributed by atoms with Gasteiger partial charge in [-0.2, -0.15) is 0 Å². The molecule has 0 fully saturated rings. The first-order valence-electron chi connectivity index (χ1n) is 6.37. The third-order valence-corrected chi connectivity index (χ3v) is 4.27. The van der Waals surface area contributed by atoms with Gasteiger partial charge in [-0.15, -0.1) is 11.8 Å². The fourth-order valence-corrected chi connectivity index (χ4v) is 3.26. The van der Waals surface area contributed by atoms with Crippen LogP contribution in [-0.4, -0.2) is 11.5 Å². The maximum Gasteiger partial charge on any atom is 0.190 e. The average Bonchev–Trinajstić information content (AvgIpc) is 2.61. The van der Waals surface area contributed by atoms with Crippen LogP contribution in [0.5, 0.6) is 0 Å². The number of fused-ring (bicyclic) bond motifs is 1. The van der Waals surface area contributed by atoms with Crippen molar-refractivity contribution >= 4 is 23.6 Å². The Kier molecular flexibility index (Phi) is 3.51. The molecule has 0 spiro atoms. The number of rotatable bonds is 1. The molecule has 0 aromatic heterocycles. The first-order valence-corrected chi connectivity index (χ1v) is 7.35. The summed E-state index contributed by atoms with van der Waals surface area (Å²) in [6, 6.07) is 17.9. The van der Waals surface area contributed by atoms with E-state index < -0.39 is 0 Å². The lowest BCUT2D eigenvalue weighted by molar-refractivity contribution is 0.103. The Hall–Kier alpha value is -1.80. The highest BCUT2D eigenvalue weighted by atomic mass is 32.2. The van der Waals surface area contributed by atoms with Crippen LogP contribution in [0.1, 0.15) is 22.3 Å². The molecule has 0 aliphatic carbocycles. The summed E-state index contributed by atoms with van der Waals surface area (Å²) in [6.07, 6.45) is 2.85. The Bertz CT molecular complexity index is 629. The van der Waals surface area contributed by atoms with Crippen molar-refractivity contribution in [2.24, 2.45) is 0 Å². The molecule has 1 heterocycles. The van der Waals surface area contributed by atoms with E-state index in [-0.39, 0.29) is 5.78 Å². The largest absolute Gasteiger partial charge is 0.289 e. The first kappa shape index (κ1) is 12.2. The molecular weight excluding hydrogens is 252 g/mol. The van der Waals surface area contributed by atoms with Crippen molar-refractivity contribution in [3.05, 3.63) is 71.3 Å². The van der Waals surface area contributed by atoms with Crippen molar-refractivity contribution in [2.75, 3.05) is 5.75 Å². The second-order valence-corrected chi connectivity index (χ2v) is 5.64. The maximum absolute atomic E-state index is 12.6. The minimum absolute atomic E-state index is 0.171. The highest BCUT2D eigenvalue weighted by Gasteiger charge is 2.19. The van der Waals surface area contributed by atoms with Gasteiger partial charge in [-0.1, -0.05) is 42.5 Å². The summed E-state index contributed by atoms with van der Waals surface area (Å²) in [7, 11) is 0. The van der Waals surface area contributed by atoms with Crippen molar-refractivity contribution < 1.29 is 4.79 Å². The molecule has 2 aromatic rings. The van der Waals surface area contributed by atoms with Crippen LogP contribution in [0.3, 0.4) is 0 Å². The van der Waals surface area contributed by atoms with E-state index in [1.54, 1.807) is 11.8 Å². The van der Waals surface area contributed by atoms with Crippen molar-refractivity contribution in [2.45, 2.75) is 11.3 Å². The molecule has 1 aliphatic heterocycles. The normalized spacial score (nSPS) is 17.1. The van der Waals surface area contributed by atoms with Gasteiger partial charge in [0.15, 0.2) is 5.78 Å². The monoisotopic (exact) mass is 266 g/mol. The number of hydrogen-bond donors (Lipinski definition) is 0.